The summed E-state index contributed by atoms with van der Waals surface area (Å²) in [5.41, 5.74) is 3.96. The number of esters is 1. The Morgan fingerprint density at radius 1 is 1.03 bits per heavy atom. The maximum atomic E-state index is 13.2. The second-order valence-electron chi connectivity index (χ2n) is 8.83. The summed E-state index contributed by atoms with van der Waals surface area (Å²) in [5, 5.41) is 0. The number of fused-ring (bicyclic) bond motifs is 1. The average molecular weight is 552 g/mol. The van der Waals surface area contributed by atoms with Crippen molar-refractivity contribution in [1.29, 1.82) is 0 Å². The average Bonchev–Trinajstić information content (AvgIpc) is 3.23. The van der Waals surface area contributed by atoms with Crippen LogP contribution in [0, 0.1) is 13.8 Å². The molecular weight excluding hydrogens is 522 g/mol. The van der Waals surface area contributed by atoms with E-state index in [0.29, 0.717) is 11.3 Å². The van der Waals surface area contributed by atoms with E-state index < -0.39 is 21.9 Å². The van der Waals surface area contributed by atoms with Gasteiger partial charge in [-0.3, -0.25) is 9.59 Å². The molecule has 4 aromatic rings. The number of methoxy groups -OCH3 is 1. The van der Waals surface area contributed by atoms with Gasteiger partial charge >= 0.3 is 5.97 Å². The van der Waals surface area contributed by atoms with Crippen molar-refractivity contribution in [3.8, 4) is 0 Å². The molecule has 0 atom stereocenters. The fourth-order valence-corrected chi connectivity index (χ4v) is 6.88. The number of thiazole rings is 1. The fraction of sp³-hybridized carbons (Fsp3) is 0.250. The molecule has 4 rings (SSSR count). The number of aromatic nitrogens is 1. The number of amides is 1. The van der Waals surface area contributed by atoms with Crippen molar-refractivity contribution in [2.75, 3.05) is 13.7 Å². The Morgan fingerprint density at radius 2 is 1.71 bits per heavy atom. The highest BCUT2D eigenvalue weighted by molar-refractivity contribution is 7.89. The van der Waals surface area contributed by atoms with E-state index in [9.17, 15) is 18.0 Å². The molecule has 1 heterocycles. The van der Waals surface area contributed by atoms with E-state index >= 15 is 0 Å². The Kier molecular flexibility index (Phi) is 8.25. The van der Waals surface area contributed by atoms with Crippen LogP contribution in [-0.2, 0) is 32.6 Å². The van der Waals surface area contributed by atoms with Crippen LogP contribution >= 0.6 is 11.3 Å². The third-order valence-electron chi connectivity index (χ3n) is 6.12. The lowest BCUT2D eigenvalue weighted by atomic mass is 10.1. The van der Waals surface area contributed by atoms with Gasteiger partial charge in [-0.2, -0.15) is 9.30 Å². The number of benzene rings is 3. The molecule has 0 fully saturated rings. The van der Waals surface area contributed by atoms with Crippen LogP contribution in [0.1, 0.15) is 34.0 Å². The standard InChI is InChI=1S/C28H29N3O5S2/c1-5-30(17-21-9-7-6-8-10-21)38(34,35)23-13-11-22(12-14-23)27(33)29-28-31(18-25(32)36-4)26-20(3)15-19(2)16-24(26)37-28/h6-16H,5,17-18H2,1-4H3. The van der Waals surface area contributed by atoms with Gasteiger partial charge in [0, 0.05) is 18.7 Å². The van der Waals surface area contributed by atoms with Crippen molar-refractivity contribution in [2.45, 2.75) is 38.8 Å². The van der Waals surface area contributed by atoms with Crippen LogP contribution < -0.4 is 4.80 Å². The third kappa shape index (κ3) is 5.77. The van der Waals surface area contributed by atoms with Crippen LogP contribution in [0.4, 0.5) is 0 Å². The number of hydrogen-bond acceptors (Lipinski definition) is 6. The number of sulfonamides is 1. The molecule has 0 saturated carbocycles. The lowest BCUT2D eigenvalue weighted by Gasteiger charge is -2.20. The van der Waals surface area contributed by atoms with Crippen molar-refractivity contribution in [1.82, 2.24) is 8.87 Å². The third-order valence-corrected chi connectivity index (χ3v) is 9.08. The minimum absolute atomic E-state index is 0.0854. The molecule has 1 amide bonds. The second-order valence-corrected chi connectivity index (χ2v) is 11.8. The fourth-order valence-electron chi connectivity index (χ4n) is 4.24. The molecule has 0 unspecified atom stereocenters. The van der Waals surface area contributed by atoms with Gasteiger partial charge in [-0.25, -0.2) is 8.42 Å². The molecule has 0 bridgehead atoms. The summed E-state index contributed by atoms with van der Waals surface area (Å²) in [7, 11) is -2.45. The zero-order valence-electron chi connectivity index (χ0n) is 21.7. The van der Waals surface area contributed by atoms with Crippen molar-refractivity contribution >= 4 is 43.5 Å². The van der Waals surface area contributed by atoms with Gasteiger partial charge < -0.3 is 9.30 Å². The van der Waals surface area contributed by atoms with E-state index in [1.807, 2.05) is 56.3 Å². The number of carbonyl (C=O) groups excluding carboxylic acids is 2. The summed E-state index contributed by atoms with van der Waals surface area (Å²) in [5.74, 6) is -0.991. The van der Waals surface area contributed by atoms with Crippen molar-refractivity contribution < 1.29 is 22.7 Å². The quantitative estimate of drug-likeness (QED) is 0.302. The number of rotatable bonds is 8. The number of nitrogens with zero attached hydrogens (tertiary/aromatic N) is 3. The molecule has 0 N–H and O–H groups in total. The molecule has 0 spiro atoms. The highest BCUT2D eigenvalue weighted by Crippen LogP contribution is 2.24. The topological polar surface area (TPSA) is 98.0 Å². The number of aryl methyl sites for hydroxylation is 2. The molecule has 0 saturated heterocycles. The summed E-state index contributed by atoms with van der Waals surface area (Å²) in [6.45, 7) is 6.18. The molecule has 0 radical (unpaired) electrons. The molecule has 198 valence electrons. The Labute approximate surface area is 225 Å². The first-order valence-electron chi connectivity index (χ1n) is 12.0. The SMILES string of the molecule is CCN(Cc1ccccc1)S(=O)(=O)c1ccc(C(=O)N=c2sc3cc(C)cc(C)c3n2CC(=O)OC)cc1. The van der Waals surface area contributed by atoms with Crippen molar-refractivity contribution in [2.24, 2.45) is 4.99 Å². The van der Waals surface area contributed by atoms with Gasteiger partial charge in [0.1, 0.15) is 6.54 Å². The summed E-state index contributed by atoms with van der Waals surface area (Å²) in [4.78, 5) is 30.0. The smallest absolute Gasteiger partial charge is 0.325 e. The first kappa shape index (κ1) is 27.4. The van der Waals surface area contributed by atoms with E-state index in [1.54, 1.807) is 11.5 Å². The molecule has 10 heteroatoms. The first-order chi connectivity index (χ1) is 18.1. The summed E-state index contributed by atoms with van der Waals surface area (Å²) >= 11 is 1.31. The molecule has 8 nitrogen and oxygen atoms in total. The minimum Gasteiger partial charge on any atom is -0.468 e. The van der Waals surface area contributed by atoms with Gasteiger partial charge in [0.15, 0.2) is 4.80 Å². The van der Waals surface area contributed by atoms with Gasteiger partial charge in [-0.15, -0.1) is 0 Å². The van der Waals surface area contributed by atoms with Crippen LogP contribution in [0.5, 0.6) is 0 Å². The Morgan fingerprint density at radius 3 is 2.34 bits per heavy atom. The van der Waals surface area contributed by atoms with Crippen LogP contribution in [0.15, 0.2) is 76.6 Å². The van der Waals surface area contributed by atoms with E-state index in [4.69, 9.17) is 4.74 Å². The summed E-state index contributed by atoms with van der Waals surface area (Å²) in [6, 6.07) is 19.1. The molecule has 1 aromatic heterocycles. The van der Waals surface area contributed by atoms with E-state index in [-0.39, 0.29) is 23.5 Å². The normalized spacial score (nSPS) is 12.3. The largest absolute Gasteiger partial charge is 0.468 e. The number of ether oxygens (including phenoxy) is 1. The molecule has 38 heavy (non-hydrogen) atoms. The van der Waals surface area contributed by atoms with Crippen LogP contribution in [0.2, 0.25) is 0 Å². The Balaban J connectivity index is 1.66. The van der Waals surface area contributed by atoms with Crippen LogP contribution in [0.3, 0.4) is 0 Å². The highest BCUT2D eigenvalue weighted by atomic mass is 32.2. The predicted molar refractivity (Wildman–Crippen MR) is 147 cm³/mol. The Hall–Kier alpha value is -3.60. The number of carbonyl (C=O) groups is 2. The van der Waals surface area contributed by atoms with E-state index in [0.717, 1.165) is 26.9 Å². The predicted octanol–water partition coefficient (Wildman–Crippen LogP) is 4.44. The zero-order valence-corrected chi connectivity index (χ0v) is 23.3. The van der Waals surface area contributed by atoms with Crippen molar-refractivity contribution in [3.63, 3.8) is 0 Å². The zero-order chi connectivity index (χ0) is 27.4. The monoisotopic (exact) mass is 551 g/mol. The van der Waals surface area contributed by atoms with Gasteiger partial charge in [-0.05, 0) is 60.9 Å². The van der Waals surface area contributed by atoms with E-state index in [2.05, 4.69) is 4.99 Å². The summed E-state index contributed by atoms with van der Waals surface area (Å²) < 4.78 is 35.3. The Bertz CT molecular complexity index is 1650. The lowest BCUT2D eigenvalue weighted by Crippen LogP contribution is -2.30. The lowest BCUT2D eigenvalue weighted by molar-refractivity contribution is -0.141. The molecule has 0 aliphatic rings. The van der Waals surface area contributed by atoms with Crippen LogP contribution in [-0.4, -0.2) is 42.8 Å². The van der Waals surface area contributed by atoms with Gasteiger partial charge in [0.25, 0.3) is 5.91 Å². The highest BCUT2D eigenvalue weighted by Gasteiger charge is 2.23. The summed E-state index contributed by atoms with van der Waals surface area (Å²) in [6.07, 6.45) is 0. The van der Waals surface area contributed by atoms with E-state index in [1.165, 1.54) is 47.0 Å². The number of hydrogen-bond donors (Lipinski definition) is 0. The maximum absolute atomic E-state index is 13.2. The molecule has 0 aliphatic heterocycles. The second kappa shape index (κ2) is 11.4. The molecular formula is C28H29N3O5S2. The molecule has 3 aromatic carbocycles. The minimum atomic E-state index is -3.76. The van der Waals surface area contributed by atoms with Gasteiger partial charge in [-0.1, -0.05) is 54.7 Å². The van der Waals surface area contributed by atoms with Gasteiger partial charge in [0.05, 0.1) is 22.2 Å². The van der Waals surface area contributed by atoms with Crippen molar-refractivity contribution in [3.05, 3.63) is 93.8 Å². The molecule has 0 aliphatic carbocycles. The maximum Gasteiger partial charge on any atom is 0.325 e. The van der Waals surface area contributed by atoms with Crippen LogP contribution in [0.25, 0.3) is 10.2 Å². The van der Waals surface area contributed by atoms with Gasteiger partial charge in [0.2, 0.25) is 10.0 Å². The first-order valence-corrected chi connectivity index (χ1v) is 14.3.